The highest BCUT2D eigenvalue weighted by Gasteiger charge is 2.29. The number of fused-ring (bicyclic) bond motifs is 1. The Bertz CT molecular complexity index is 1160. The fourth-order valence-corrected chi connectivity index (χ4v) is 4.26. The summed E-state index contributed by atoms with van der Waals surface area (Å²) in [6, 6.07) is 21.3. The maximum atomic E-state index is 13.8. The number of hydrogen-bond acceptors (Lipinski definition) is 2. The Labute approximate surface area is 193 Å². The predicted octanol–water partition coefficient (Wildman–Crippen LogP) is 5.72. The Balaban J connectivity index is 1.43. The lowest BCUT2D eigenvalue weighted by atomic mass is 9.81. The summed E-state index contributed by atoms with van der Waals surface area (Å²) in [5.74, 6) is -0.375. The van der Waals surface area contributed by atoms with Gasteiger partial charge in [-0.05, 0) is 46.7 Å². The van der Waals surface area contributed by atoms with Crippen molar-refractivity contribution in [1.82, 2.24) is 4.90 Å². The van der Waals surface area contributed by atoms with Crippen LogP contribution in [0.5, 0.6) is 0 Å². The average Bonchev–Trinajstić information content (AvgIpc) is 2.81. The van der Waals surface area contributed by atoms with Crippen LogP contribution in [0.15, 0.2) is 72.8 Å². The third-order valence-corrected chi connectivity index (χ3v) is 6.14. The molecule has 0 fully saturated rings. The lowest BCUT2D eigenvalue weighted by molar-refractivity contribution is -0.133. The lowest BCUT2D eigenvalue weighted by Crippen LogP contribution is -2.39. The molecule has 3 aromatic carbocycles. The highest BCUT2D eigenvalue weighted by molar-refractivity contribution is 6.00. The Morgan fingerprint density at radius 1 is 0.909 bits per heavy atom. The second-order valence-corrected chi connectivity index (χ2v) is 8.99. The van der Waals surface area contributed by atoms with E-state index in [2.05, 4.69) is 36.6 Å². The zero-order chi connectivity index (χ0) is 23.4. The zero-order valence-electron chi connectivity index (χ0n) is 18.9. The van der Waals surface area contributed by atoms with Crippen molar-refractivity contribution < 1.29 is 14.0 Å². The fraction of sp³-hybridized carbons (Fsp3) is 0.259. The molecule has 3 aromatic rings. The van der Waals surface area contributed by atoms with Crippen LogP contribution in [-0.2, 0) is 23.2 Å². The number of amides is 3. The molecule has 0 aliphatic carbocycles. The molecule has 0 saturated carbocycles. The second-order valence-electron chi connectivity index (χ2n) is 8.99. The van der Waals surface area contributed by atoms with Gasteiger partial charge in [-0.3, -0.25) is 4.79 Å². The van der Waals surface area contributed by atoms with Gasteiger partial charge in [-0.15, -0.1) is 0 Å². The average molecular weight is 446 g/mol. The van der Waals surface area contributed by atoms with Crippen LogP contribution in [0.4, 0.5) is 20.6 Å². The summed E-state index contributed by atoms with van der Waals surface area (Å²) in [6.45, 7) is 5.27. The van der Waals surface area contributed by atoms with E-state index >= 15 is 0 Å². The minimum absolute atomic E-state index is 0.116. The molecule has 170 valence electrons. The van der Waals surface area contributed by atoms with E-state index in [0.717, 1.165) is 16.7 Å². The number of halogens is 1. The summed E-state index contributed by atoms with van der Waals surface area (Å²) in [4.78, 5) is 27.4. The Morgan fingerprint density at radius 2 is 1.58 bits per heavy atom. The number of anilines is 2. The van der Waals surface area contributed by atoms with Gasteiger partial charge in [0, 0.05) is 25.2 Å². The van der Waals surface area contributed by atoms with Gasteiger partial charge >= 0.3 is 6.03 Å². The first-order chi connectivity index (χ1) is 15.8. The summed E-state index contributed by atoms with van der Waals surface area (Å²) in [5, 5.41) is 5.37. The lowest BCUT2D eigenvalue weighted by Gasteiger charge is -2.33. The Kier molecular flexibility index (Phi) is 6.45. The second kappa shape index (κ2) is 9.45. The van der Waals surface area contributed by atoms with E-state index in [-0.39, 0.29) is 17.0 Å². The molecule has 0 radical (unpaired) electrons. The predicted molar refractivity (Wildman–Crippen MR) is 129 cm³/mol. The fourth-order valence-electron chi connectivity index (χ4n) is 4.26. The molecule has 0 spiro atoms. The maximum Gasteiger partial charge on any atom is 0.323 e. The van der Waals surface area contributed by atoms with E-state index in [1.807, 2.05) is 41.3 Å². The van der Waals surface area contributed by atoms with Crippen molar-refractivity contribution in [2.75, 3.05) is 17.2 Å². The van der Waals surface area contributed by atoms with Crippen LogP contribution in [0.1, 0.15) is 37.0 Å². The number of nitrogens with zero attached hydrogens (tertiary/aromatic N) is 1. The molecule has 4 rings (SSSR count). The van der Waals surface area contributed by atoms with E-state index in [1.54, 1.807) is 12.1 Å². The number of carbonyl (C=O) groups is 2. The molecule has 0 bridgehead atoms. The topological polar surface area (TPSA) is 61.4 Å². The van der Waals surface area contributed by atoms with Gasteiger partial charge in [0.1, 0.15) is 5.82 Å². The van der Waals surface area contributed by atoms with Crippen LogP contribution in [-0.4, -0.2) is 23.4 Å². The van der Waals surface area contributed by atoms with Crippen LogP contribution >= 0.6 is 0 Å². The van der Waals surface area contributed by atoms with Crippen molar-refractivity contribution in [3.05, 3.63) is 95.3 Å². The van der Waals surface area contributed by atoms with Crippen molar-refractivity contribution in [2.45, 2.75) is 38.6 Å². The smallest absolute Gasteiger partial charge is 0.323 e. The molecular weight excluding hydrogens is 417 g/mol. The van der Waals surface area contributed by atoms with E-state index in [4.69, 9.17) is 0 Å². The van der Waals surface area contributed by atoms with Gasteiger partial charge in [-0.1, -0.05) is 68.4 Å². The normalized spacial score (nSPS) is 13.2. The third kappa shape index (κ3) is 5.22. The van der Waals surface area contributed by atoms with Gasteiger partial charge in [-0.2, -0.15) is 0 Å². The minimum Gasteiger partial charge on any atom is -0.338 e. The number of benzene rings is 3. The summed E-state index contributed by atoms with van der Waals surface area (Å²) >= 11 is 0. The molecular formula is C27H28FN3O2. The van der Waals surface area contributed by atoms with E-state index < -0.39 is 11.8 Å². The Hall–Kier alpha value is -3.67. The molecule has 5 nitrogen and oxygen atoms in total. The summed E-state index contributed by atoms with van der Waals surface area (Å²) < 4.78 is 13.8. The van der Waals surface area contributed by atoms with E-state index in [1.165, 1.54) is 12.1 Å². The van der Waals surface area contributed by atoms with Crippen molar-refractivity contribution in [1.29, 1.82) is 0 Å². The van der Waals surface area contributed by atoms with E-state index in [0.29, 0.717) is 31.6 Å². The van der Waals surface area contributed by atoms with Crippen LogP contribution in [0.2, 0.25) is 0 Å². The van der Waals surface area contributed by atoms with Crippen LogP contribution in [0.25, 0.3) is 0 Å². The number of para-hydroxylation sites is 1. The summed E-state index contributed by atoms with van der Waals surface area (Å²) in [5.41, 5.74) is 3.70. The van der Waals surface area contributed by atoms with Gasteiger partial charge in [0.05, 0.1) is 5.69 Å². The summed E-state index contributed by atoms with van der Waals surface area (Å²) in [7, 11) is 0. The highest BCUT2D eigenvalue weighted by Crippen LogP contribution is 2.31. The van der Waals surface area contributed by atoms with Crippen LogP contribution in [0.3, 0.4) is 0 Å². The molecule has 1 aliphatic heterocycles. The SMILES string of the molecule is CC(C)(CC(=O)N1CCc2c(cccc2NC(=O)Nc2ccccc2F)C1)c1ccccc1. The van der Waals surface area contributed by atoms with Crippen molar-refractivity contribution in [2.24, 2.45) is 0 Å². The molecule has 0 aromatic heterocycles. The van der Waals surface area contributed by atoms with Gasteiger partial charge < -0.3 is 15.5 Å². The molecule has 2 N–H and O–H groups in total. The van der Waals surface area contributed by atoms with Crippen molar-refractivity contribution in [3.63, 3.8) is 0 Å². The van der Waals surface area contributed by atoms with Gasteiger partial charge in [-0.25, -0.2) is 9.18 Å². The Morgan fingerprint density at radius 3 is 2.33 bits per heavy atom. The molecule has 3 amide bonds. The molecule has 6 heteroatoms. The highest BCUT2D eigenvalue weighted by atomic mass is 19.1. The molecule has 0 saturated heterocycles. The third-order valence-electron chi connectivity index (χ3n) is 6.14. The molecule has 0 unspecified atom stereocenters. The quantitative estimate of drug-likeness (QED) is 0.527. The zero-order valence-corrected chi connectivity index (χ0v) is 18.9. The summed E-state index contributed by atoms with van der Waals surface area (Å²) in [6.07, 6.45) is 1.07. The van der Waals surface area contributed by atoms with Crippen molar-refractivity contribution >= 4 is 23.3 Å². The van der Waals surface area contributed by atoms with Crippen molar-refractivity contribution in [3.8, 4) is 0 Å². The number of hydrogen-bond donors (Lipinski definition) is 2. The van der Waals surface area contributed by atoms with Gasteiger partial charge in [0.15, 0.2) is 0 Å². The van der Waals surface area contributed by atoms with Crippen LogP contribution < -0.4 is 10.6 Å². The first kappa shape index (κ1) is 22.5. The number of urea groups is 1. The standard InChI is InChI=1S/C27H28FN3O2/c1-27(2,20-10-4-3-5-11-20)17-25(32)31-16-15-21-19(18-31)9-8-14-23(21)29-26(33)30-24-13-7-6-12-22(24)28/h3-14H,15-18H2,1-2H3,(H2,29,30,33). The first-order valence-corrected chi connectivity index (χ1v) is 11.1. The number of carbonyl (C=O) groups excluding carboxylic acids is 2. The van der Waals surface area contributed by atoms with Gasteiger partial charge in [0.2, 0.25) is 5.91 Å². The largest absolute Gasteiger partial charge is 0.338 e. The van der Waals surface area contributed by atoms with Crippen LogP contribution in [0, 0.1) is 5.82 Å². The molecule has 1 heterocycles. The molecule has 1 aliphatic rings. The maximum absolute atomic E-state index is 13.8. The molecule has 33 heavy (non-hydrogen) atoms. The van der Waals surface area contributed by atoms with Gasteiger partial charge in [0.25, 0.3) is 0 Å². The number of rotatable bonds is 5. The number of nitrogens with one attached hydrogen (secondary N) is 2. The first-order valence-electron chi connectivity index (χ1n) is 11.1. The monoisotopic (exact) mass is 445 g/mol. The minimum atomic E-state index is -0.503. The van der Waals surface area contributed by atoms with E-state index in [9.17, 15) is 14.0 Å². The molecule has 0 atom stereocenters.